The van der Waals surface area contributed by atoms with Gasteiger partial charge in [0.15, 0.2) is 0 Å². The molecule has 0 amide bonds. The molecule has 0 radical (unpaired) electrons. The lowest BCUT2D eigenvalue weighted by Gasteiger charge is -2.22. The van der Waals surface area contributed by atoms with Crippen molar-refractivity contribution in [2.75, 3.05) is 30.3 Å². The molecule has 0 bridgehead atoms. The summed E-state index contributed by atoms with van der Waals surface area (Å²) in [7, 11) is 0. The summed E-state index contributed by atoms with van der Waals surface area (Å²) in [5.41, 5.74) is 0. The van der Waals surface area contributed by atoms with Gasteiger partial charge in [0.2, 0.25) is 0 Å². The largest absolute Gasteiger partial charge is 0.378 e. The summed E-state index contributed by atoms with van der Waals surface area (Å²) in [4.78, 5) is 8.34. The third kappa shape index (κ3) is 4.14. The van der Waals surface area contributed by atoms with Crippen LogP contribution < -0.4 is 10.6 Å². The summed E-state index contributed by atoms with van der Waals surface area (Å²) in [5, 5.41) is 6.49. The lowest BCUT2D eigenvalue weighted by Crippen LogP contribution is -2.22. The van der Waals surface area contributed by atoms with Crippen LogP contribution >= 0.6 is 0 Å². The van der Waals surface area contributed by atoms with Gasteiger partial charge in [-0.3, -0.25) is 0 Å². The predicted molar refractivity (Wildman–Crippen MR) is 72.9 cm³/mol. The maximum atomic E-state index is 5.69. The highest BCUT2D eigenvalue weighted by atomic mass is 16.5. The number of ether oxygens (including phenoxy) is 1. The lowest BCUT2D eigenvalue weighted by molar-refractivity contribution is 0.0134. The zero-order valence-corrected chi connectivity index (χ0v) is 11.0. The highest BCUT2D eigenvalue weighted by Crippen LogP contribution is 2.16. The molecule has 1 saturated heterocycles. The second kappa shape index (κ2) is 7.16. The van der Waals surface area contributed by atoms with Gasteiger partial charge in [0, 0.05) is 25.8 Å². The molecule has 1 aromatic rings. The van der Waals surface area contributed by atoms with Crippen LogP contribution in [0.1, 0.15) is 32.6 Å². The van der Waals surface area contributed by atoms with E-state index < -0.39 is 0 Å². The van der Waals surface area contributed by atoms with Crippen molar-refractivity contribution in [3.05, 3.63) is 12.4 Å². The summed E-state index contributed by atoms with van der Waals surface area (Å²) >= 11 is 0. The summed E-state index contributed by atoms with van der Waals surface area (Å²) in [6, 6.07) is 1.94. The molecule has 0 spiro atoms. The molecule has 1 aliphatic heterocycles. The first-order chi connectivity index (χ1) is 8.88. The standard InChI is InChI=1S/C13H22N4O/c1-2-14-12-9-13(17-10-16-12)15-7-6-11-5-3-4-8-18-11/h9-11H,2-8H2,1H3,(H2,14,15,16,17). The summed E-state index contributed by atoms with van der Waals surface area (Å²) in [6.45, 7) is 4.73. The Labute approximate surface area is 108 Å². The second-order valence-electron chi connectivity index (χ2n) is 4.52. The van der Waals surface area contributed by atoms with Gasteiger partial charge in [-0.1, -0.05) is 0 Å². The van der Waals surface area contributed by atoms with Crippen LogP contribution in [0.4, 0.5) is 11.6 Å². The van der Waals surface area contributed by atoms with Crippen LogP contribution in [0, 0.1) is 0 Å². The zero-order valence-electron chi connectivity index (χ0n) is 11.0. The first kappa shape index (κ1) is 13.1. The molecule has 1 fully saturated rings. The van der Waals surface area contributed by atoms with E-state index in [2.05, 4.69) is 27.5 Å². The molecule has 1 aliphatic rings. The van der Waals surface area contributed by atoms with Crippen molar-refractivity contribution >= 4 is 11.6 Å². The van der Waals surface area contributed by atoms with Crippen molar-refractivity contribution in [2.24, 2.45) is 0 Å². The molecule has 0 aliphatic carbocycles. The zero-order chi connectivity index (χ0) is 12.6. The number of rotatable bonds is 6. The van der Waals surface area contributed by atoms with Crippen molar-refractivity contribution in [1.29, 1.82) is 0 Å². The van der Waals surface area contributed by atoms with Gasteiger partial charge in [0.05, 0.1) is 6.10 Å². The summed E-state index contributed by atoms with van der Waals surface area (Å²) < 4.78 is 5.69. The second-order valence-corrected chi connectivity index (χ2v) is 4.52. The van der Waals surface area contributed by atoms with E-state index in [0.717, 1.165) is 37.8 Å². The third-order valence-electron chi connectivity index (χ3n) is 3.07. The molecule has 18 heavy (non-hydrogen) atoms. The molecule has 1 aromatic heterocycles. The smallest absolute Gasteiger partial charge is 0.131 e. The Morgan fingerprint density at radius 3 is 2.83 bits per heavy atom. The topological polar surface area (TPSA) is 59.1 Å². The number of nitrogens with one attached hydrogen (secondary N) is 2. The Bertz CT molecular complexity index is 353. The molecule has 1 unspecified atom stereocenters. The fourth-order valence-electron chi connectivity index (χ4n) is 2.13. The van der Waals surface area contributed by atoms with Gasteiger partial charge < -0.3 is 15.4 Å². The Balaban J connectivity index is 1.73. The van der Waals surface area contributed by atoms with Crippen LogP contribution in [0.15, 0.2) is 12.4 Å². The minimum atomic E-state index is 0.418. The molecule has 2 N–H and O–H groups in total. The van der Waals surface area contributed by atoms with Gasteiger partial charge in [-0.05, 0) is 32.6 Å². The number of anilines is 2. The van der Waals surface area contributed by atoms with Gasteiger partial charge in [-0.2, -0.15) is 0 Å². The highest BCUT2D eigenvalue weighted by Gasteiger charge is 2.12. The fourth-order valence-corrected chi connectivity index (χ4v) is 2.13. The normalized spacial score (nSPS) is 19.5. The van der Waals surface area contributed by atoms with Crippen LogP contribution in [0.5, 0.6) is 0 Å². The van der Waals surface area contributed by atoms with Crippen molar-refractivity contribution < 1.29 is 4.74 Å². The maximum Gasteiger partial charge on any atom is 0.131 e. The van der Waals surface area contributed by atoms with E-state index >= 15 is 0 Å². The number of hydrogen-bond acceptors (Lipinski definition) is 5. The van der Waals surface area contributed by atoms with E-state index in [1.54, 1.807) is 6.33 Å². The molecule has 5 nitrogen and oxygen atoms in total. The summed E-state index contributed by atoms with van der Waals surface area (Å²) in [6.07, 6.45) is 6.73. The van der Waals surface area contributed by atoms with Crippen LogP contribution in [-0.2, 0) is 4.74 Å². The van der Waals surface area contributed by atoms with Crippen LogP contribution in [0.25, 0.3) is 0 Å². The molecular formula is C13H22N4O. The molecular weight excluding hydrogens is 228 g/mol. The van der Waals surface area contributed by atoms with E-state index in [-0.39, 0.29) is 0 Å². The van der Waals surface area contributed by atoms with Crippen molar-refractivity contribution in [3.63, 3.8) is 0 Å². The van der Waals surface area contributed by atoms with E-state index in [9.17, 15) is 0 Å². The molecule has 1 atom stereocenters. The van der Waals surface area contributed by atoms with Crippen LogP contribution in [0.2, 0.25) is 0 Å². The van der Waals surface area contributed by atoms with Gasteiger partial charge in [-0.15, -0.1) is 0 Å². The van der Waals surface area contributed by atoms with Gasteiger partial charge in [-0.25, -0.2) is 9.97 Å². The first-order valence-electron chi connectivity index (χ1n) is 6.80. The molecule has 2 heterocycles. The average Bonchev–Trinajstić information content (AvgIpc) is 2.41. The van der Waals surface area contributed by atoms with Crippen molar-refractivity contribution in [1.82, 2.24) is 9.97 Å². The lowest BCUT2D eigenvalue weighted by atomic mass is 10.1. The summed E-state index contributed by atoms with van der Waals surface area (Å²) in [5.74, 6) is 1.74. The Morgan fingerprint density at radius 2 is 2.11 bits per heavy atom. The highest BCUT2D eigenvalue weighted by molar-refractivity contribution is 5.46. The quantitative estimate of drug-likeness (QED) is 0.811. The molecule has 100 valence electrons. The Kier molecular flexibility index (Phi) is 5.20. The van der Waals surface area contributed by atoms with Gasteiger partial charge >= 0.3 is 0 Å². The van der Waals surface area contributed by atoms with Crippen LogP contribution in [-0.4, -0.2) is 35.8 Å². The average molecular weight is 250 g/mol. The van der Waals surface area contributed by atoms with Gasteiger partial charge in [0.1, 0.15) is 18.0 Å². The molecule has 0 saturated carbocycles. The molecule has 5 heteroatoms. The first-order valence-corrected chi connectivity index (χ1v) is 6.80. The van der Waals surface area contributed by atoms with E-state index in [4.69, 9.17) is 4.74 Å². The molecule has 2 rings (SSSR count). The van der Waals surface area contributed by atoms with Gasteiger partial charge in [0.25, 0.3) is 0 Å². The van der Waals surface area contributed by atoms with Crippen LogP contribution in [0.3, 0.4) is 0 Å². The predicted octanol–water partition coefficient (Wildman–Crippen LogP) is 2.28. The maximum absolute atomic E-state index is 5.69. The minimum absolute atomic E-state index is 0.418. The van der Waals surface area contributed by atoms with Crippen molar-refractivity contribution in [3.8, 4) is 0 Å². The third-order valence-corrected chi connectivity index (χ3v) is 3.07. The number of nitrogens with zero attached hydrogens (tertiary/aromatic N) is 2. The number of hydrogen-bond donors (Lipinski definition) is 2. The Hall–Kier alpha value is -1.36. The van der Waals surface area contributed by atoms with E-state index in [0.29, 0.717) is 6.10 Å². The monoisotopic (exact) mass is 250 g/mol. The fraction of sp³-hybridized carbons (Fsp3) is 0.692. The van der Waals surface area contributed by atoms with Crippen molar-refractivity contribution in [2.45, 2.75) is 38.7 Å². The number of aromatic nitrogens is 2. The minimum Gasteiger partial charge on any atom is -0.378 e. The SMILES string of the molecule is CCNc1cc(NCCC2CCCCO2)ncn1. The van der Waals surface area contributed by atoms with E-state index in [1.165, 1.54) is 19.3 Å². The Morgan fingerprint density at radius 1 is 1.28 bits per heavy atom. The molecule has 0 aromatic carbocycles. The van der Waals surface area contributed by atoms with E-state index in [1.807, 2.05) is 6.07 Å².